The molecule has 12 heteroatoms. The molecule has 35 heavy (non-hydrogen) atoms. The van der Waals surface area contributed by atoms with Crippen LogP contribution in [0.15, 0.2) is 46.4 Å². The molecule has 0 spiro atoms. The zero-order valence-electron chi connectivity index (χ0n) is 19.0. The minimum atomic E-state index is -4.43. The van der Waals surface area contributed by atoms with Crippen LogP contribution in [0.4, 0.5) is 13.2 Å². The van der Waals surface area contributed by atoms with E-state index in [2.05, 4.69) is 15.0 Å². The van der Waals surface area contributed by atoms with Gasteiger partial charge in [-0.1, -0.05) is 31.5 Å². The Morgan fingerprint density at radius 1 is 1.09 bits per heavy atom. The maximum atomic E-state index is 13.3. The predicted octanol–water partition coefficient (Wildman–Crippen LogP) is 4.24. The highest BCUT2D eigenvalue weighted by Gasteiger charge is 2.32. The molecule has 0 aliphatic heterocycles. The second kappa shape index (κ2) is 10.1. The van der Waals surface area contributed by atoms with Crippen LogP contribution in [0.3, 0.4) is 0 Å². The van der Waals surface area contributed by atoms with E-state index in [-0.39, 0.29) is 35.1 Å². The lowest BCUT2D eigenvalue weighted by Gasteiger charge is -2.12. The maximum absolute atomic E-state index is 13.3. The van der Waals surface area contributed by atoms with E-state index >= 15 is 0 Å². The molecule has 0 aliphatic carbocycles. The van der Waals surface area contributed by atoms with Crippen LogP contribution in [0.1, 0.15) is 43.0 Å². The first-order valence-electron chi connectivity index (χ1n) is 11.2. The summed E-state index contributed by atoms with van der Waals surface area (Å²) in [6, 6.07) is 5.42. The maximum Gasteiger partial charge on any atom is 0.416 e. The van der Waals surface area contributed by atoms with Gasteiger partial charge < -0.3 is 9.55 Å². The van der Waals surface area contributed by atoms with Gasteiger partial charge in [-0.05, 0) is 42.5 Å². The van der Waals surface area contributed by atoms with E-state index in [9.17, 15) is 22.8 Å². The average Bonchev–Trinajstić information content (AvgIpc) is 3.42. The number of aromatic nitrogens is 6. The van der Waals surface area contributed by atoms with Crippen LogP contribution in [0, 0.1) is 0 Å². The van der Waals surface area contributed by atoms with Gasteiger partial charge in [0.2, 0.25) is 5.28 Å². The zero-order valence-corrected chi connectivity index (χ0v) is 19.7. The molecule has 0 aliphatic rings. The monoisotopic (exact) mass is 508 g/mol. The Morgan fingerprint density at radius 3 is 2.57 bits per heavy atom. The third kappa shape index (κ3) is 5.34. The fourth-order valence-corrected chi connectivity index (χ4v) is 4.20. The summed E-state index contributed by atoms with van der Waals surface area (Å²) >= 11 is 5.94. The molecular weight excluding hydrogens is 485 g/mol. The van der Waals surface area contributed by atoms with E-state index in [4.69, 9.17) is 11.6 Å². The molecule has 8 nitrogen and oxygen atoms in total. The van der Waals surface area contributed by atoms with Crippen molar-refractivity contribution in [3.8, 4) is 0 Å². The number of rotatable bonds is 9. The molecule has 4 aromatic rings. The molecule has 0 bridgehead atoms. The fourth-order valence-electron chi connectivity index (χ4n) is 4.03. The van der Waals surface area contributed by atoms with Gasteiger partial charge in [-0.25, -0.2) is 9.78 Å². The van der Waals surface area contributed by atoms with Crippen molar-refractivity contribution >= 4 is 22.8 Å². The van der Waals surface area contributed by atoms with E-state index in [0.717, 1.165) is 23.5 Å². The minimum absolute atomic E-state index is 0.0293. The summed E-state index contributed by atoms with van der Waals surface area (Å²) in [5, 5.41) is 0.0390. The van der Waals surface area contributed by atoms with Gasteiger partial charge in [0.15, 0.2) is 11.2 Å². The van der Waals surface area contributed by atoms with Gasteiger partial charge in [0, 0.05) is 25.8 Å². The van der Waals surface area contributed by atoms with Crippen molar-refractivity contribution in [2.24, 2.45) is 0 Å². The fraction of sp³-hybridized carbons (Fsp3) is 0.391. The van der Waals surface area contributed by atoms with Crippen LogP contribution in [0.25, 0.3) is 11.2 Å². The van der Waals surface area contributed by atoms with Crippen molar-refractivity contribution < 1.29 is 13.2 Å². The van der Waals surface area contributed by atoms with Crippen molar-refractivity contribution in [3.63, 3.8) is 0 Å². The Balaban J connectivity index is 1.49. The first-order valence-corrected chi connectivity index (χ1v) is 11.6. The Hall–Kier alpha value is -3.34. The number of hydrogen-bond donors (Lipinski definition) is 1. The molecule has 0 unspecified atom stereocenters. The standard InChI is InChI=1S/C23H24ClF3N6O2/c1-2-3-10-32-19-18(29-21(24)30-19)20(34)33(22(32)35)11-6-8-16-13-31(14-28-16)12-15-7-4-5-9-17(15)23(25,26)27/h4-5,7,9,13-14H,2-3,6,8,10-12H2,1H3,(H,29,30). The van der Waals surface area contributed by atoms with Crippen LogP contribution < -0.4 is 11.2 Å². The number of imidazole rings is 2. The Bertz CT molecular complexity index is 1450. The summed E-state index contributed by atoms with van der Waals surface area (Å²) in [7, 11) is 0. The second-order valence-corrected chi connectivity index (χ2v) is 8.62. The zero-order chi connectivity index (χ0) is 25.2. The third-order valence-corrected chi connectivity index (χ3v) is 5.92. The van der Waals surface area contributed by atoms with Gasteiger partial charge in [0.05, 0.1) is 17.6 Å². The number of benzene rings is 1. The van der Waals surface area contributed by atoms with Gasteiger partial charge >= 0.3 is 11.9 Å². The number of nitrogens with one attached hydrogen (secondary N) is 1. The van der Waals surface area contributed by atoms with Crippen molar-refractivity contribution in [1.82, 2.24) is 28.7 Å². The molecule has 186 valence electrons. The van der Waals surface area contributed by atoms with E-state index in [0.29, 0.717) is 25.1 Å². The summed E-state index contributed by atoms with van der Waals surface area (Å²) in [6.07, 6.45) is 1.20. The molecule has 0 fully saturated rings. The Kier molecular flexibility index (Phi) is 7.15. The smallest absolute Gasteiger partial charge is 0.333 e. The van der Waals surface area contributed by atoms with E-state index in [1.165, 1.54) is 23.0 Å². The quantitative estimate of drug-likeness (QED) is 0.342. The lowest BCUT2D eigenvalue weighted by atomic mass is 10.1. The second-order valence-electron chi connectivity index (χ2n) is 8.27. The summed E-state index contributed by atoms with van der Waals surface area (Å²) in [5.74, 6) is 0. The Morgan fingerprint density at radius 2 is 1.83 bits per heavy atom. The van der Waals surface area contributed by atoms with Gasteiger partial charge in [0.1, 0.15) is 0 Å². The number of nitrogens with zero attached hydrogens (tertiary/aromatic N) is 5. The van der Waals surface area contributed by atoms with Gasteiger partial charge in [0.25, 0.3) is 5.56 Å². The number of hydrogen-bond acceptors (Lipinski definition) is 4. The highest BCUT2D eigenvalue weighted by atomic mass is 35.5. The van der Waals surface area contributed by atoms with E-state index in [1.807, 2.05) is 6.92 Å². The average molecular weight is 509 g/mol. The molecule has 0 saturated heterocycles. The summed E-state index contributed by atoms with van der Waals surface area (Å²) in [6.45, 7) is 2.59. The van der Waals surface area contributed by atoms with Crippen LogP contribution >= 0.6 is 11.6 Å². The summed E-state index contributed by atoms with van der Waals surface area (Å²) < 4.78 is 44.0. The highest BCUT2D eigenvalue weighted by molar-refractivity contribution is 6.28. The number of alkyl halides is 3. The number of fused-ring (bicyclic) bond motifs is 1. The number of aromatic amines is 1. The third-order valence-electron chi connectivity index (χ3n) is 5.74. The molecule has 3 aromatic heterocycles. The molecule has 0 atom stereocenters. The molecule has 0 saturated carbocycles. The Labute approximate surface area is 203 Å². The van der Waals surface area contributed by atoms with Gasteiger partial charge in [-0.15, -0.1) is 0 Å². The van der Waals surface area contributed by atoms with Crippen molar-refractivity contribution in [3.05, 3.63) is 79.7 Å². The number of aryl methyl sites for hydroxylation is 2. The number of halogens is 4. The number of H-pyrrole nitrogens is 1. The predicted molar refractivity (Wildman–Crippen MR) is 126 cm³/mol. The summed E-state index contributed by atoms with van der Waals surface area (Å²) in [5.41, 5.74) is -0.400. The SMILES string of the molecule is CCCCn1c(=O)n(CCCc2cn(Cc3ccccc3C(F)(F)F)cn2)c(=O)c2[nH]c(Cl)nc21. The van der Waals surface area contributed by atoms with Gasteiger partial charge in [-0.3, -0.25) is 13.9 Å². The molecule has 0 radical (unpaired) electrons. The van der Waals surface area contributed by atoms with Crippen LogP contribution in [0.2, 0.25) is 5.28 Å². The van der Waals surface area contributed by atoms with Gasteiger partial charge in [-0.2, -0.15) is 18.2 Å². The van der Waals surface area contributed by atoms with Crippen LogP contribution in [0.5, 0.6) is 0 Å². The molecular formula is C23H24ClF3N6O2. The lowest BCUT2D eigenvalue weighted by Crippen LogP contribution is -2.40. The molecule has 0 amide bonds. The van der Waals surface area contributed by atoms with Crippen molar-refractivity contribution in [2.75, 3.05) is 0 Å². The van der Waals surface area contributed by atoms with Crippen molar-refractivity contribution in [2.45, 2.75) is 58.4 Å². The van der Waals surface area contributed by atoms with Crippen LogP contribution in [-0.2, 0) is 32.2 Å². The first kappa shape index (κ1) is 24.8. The summed E-state index contributed by atoms with van der Waals surface area (Å²) in [4.78, 5) is 36.9. The lowest BCUT2D eigenvalue weighted by molar-refractivity contribution is -0.138. The molecule has 1 aromatic carbocycles. The normalized spacial score (nSPS) is 12.0. The molecule has 4 rings (SSSR count). The largest absolute Gasteiger partial charge is 0.416 e. The van der Waals surface area contributed by atoms with E-state index in [1.54, 1.807) is 16.8 Å². The number of unbranched alkanes of at least 4 members (excludes halogenated alkanes) is 1. The first-order chi connectivity index (χ1) is 16.7. The highest BCUT2D eigenvalue weighted by Crippen LogP contribution is 2.32. The van der Waals surface area contributed by atoms with Crippen LogP contribution in [-0.4, -0.2) is 28.7 Å². The topological polar surface area (TPSA) is 90.5 Å². The minimum Gasteiger partial charge on any atom is -0.333 e. The molecule has 3 heterocycles. The van der Waals surface area contributed by atoms with E-state index < -0.39 is 23.0 Å². The molecule has 1 N–H and O–H groups in total. The van der Waals surface area contributed by atoms with Crippen molar-refractivity contribution in [1.29, 1.82) is 0 Å².